The molecule has 0 aromatic rings. The van der Waals surface area contributed by atoms with Crippen molar-refractivity contribution in [1.29, 1.82) is 0 Å². The lowest BCUT2D eigenvalue weighted by Crippen LogP contribution is -1.74. The fraction of sp³-hybridized carbons (Fsp3) is 0.333. The van der Waals surface area contributed by atoms with Gasteiger partial charge in [-0.1, -0.05) is 6.08 Å². The standard InChI is InChI=1S/C3H8NP/c1-2-3-4-5/h2-4H,5H2,1H3. The SMILES string of the molecule is CC=CNP. The van der Waals surface area contributed by atoms with Gasteiger partial charge < -0.3 is 5.09 Å². The Balaban J connectivity index is 2.62. The highest BCUT2D eigenvalue weighted by Gasteiger charge is 1.45. The molecular weight excluding hydrogens is 81.0 g/mol. The molecule has 1 unspecified atom stereocenters. The first-order valence-corrected chi connectivity index (χ1v) is 2.07. The monoisotopic (exact) mass is 89.0 g/mol. The van der Waals surface area contributed by atoms with Gasteiger partial charge in [0.15, 0.2) is 0 Å². The molecule has 0 bridgehead atoms. The van der Waals surface area contributed by atoms with Crippen LogP contribution in [-0.2, 0) is 0 Å². The molecule has 0 fully saturated rings. The van der Waals surface area contributed by atoms with Crippen LogP contribution in [0.15, 0.2) is 12.3 Å². The van der Waals surface area contributed by atoms with Gasteiger partial charge in [0.2, 0.25) is 0 Å². The maximum atomic E-state index is 2.75. The molecule has 5 heavy (non-hydrogen) atoms. The Bertz CT molecular complexity index is 33.9. The quantitative estimate of drug-likeness (QED) is 0.470. The number of allylic oxidation sites excluding steroid dienone is 1. The van der Waals surface area contributed by atoms with E-state index in [9.17, 15) is 0 Å². The lowest BCUT2D eigenvalue weighted by molar-refractivity contribution is 1.40. The maximum absolute atomic E-state index is 2.75. The van der Waals surface area contributed by atoms with Gasteiger partial charge in [-0.25, -0.2) is 0 Å². The molecule has 0 aliphatic heterocycles. The Labute approximate surface area is 34.7 Å². The summed E-state index contributed by atoms with van der Waals surface area (Å²) >= 11 is 0. The maximum Gasteiger partial charge on any atom is -0.00505 e. The second-order valence-corrected chi connectivity index (χ2v) is 1.00. The van der Waals surface area contributed by atoms with Gasteiger partial charge in [0, 0.05) is 0 Å². The molecule has 0 spiro atoms. The predicted molar refractivity (Wildman–Crippen MR) is 27.7 cm³/mol. The normalized spacial score (nSPS) is 9.20. The average Bonchev–Trinajstić information content (AvgIpc) is 1.41. The third kappa shape index (κ3) is 3.97. The molecule has 1 atom stereocenters. The molecule has 0 saturated carbocycles. The summed E-state index contributed by atoms with van der Waals surface area (Å²) in [7, 11) is 2.36. The topological polar surface area (TPSA) is 12.0 Å². The van der Waals surface area contributed by atoms with E-state index in [1.54, 1.807) is 0 Å². The summed E-state index contributed by atoms with van der Waals surface area (Å²) in [6.07, 6.45) is 3.76. The molecule has 2 heteroatoms. The minimum Gasteiger partial charge on any atom is -0.376 e. The lowest BCUT2D eigenvalue weighted by atomic mass is 10.7. The first-order valence-electron chi connectivity index (χ1n) is 1.49. The molecular formula is C3H8NP. The lowest BCUT2D eigenvalue weighted by Gasteiger charge is -1.74. The van der Waals surface area contributed by atoms with Gasteiger partial charge in [0.1, 0.15) is 0 Å². The van der Waals surface area contributed by atoms with Crippen molar-refractivity contribution in [2.24, 2.45) is 0 Å². The fourth-order valence-corrected chi connectivity index (χ4v) is 0.289. The third-order valence-electron chi connectivity index (χ3n) is 0.263. The summed E-state index contributed by atoms with van der Waals surface area (Å²) < 4.78 is 0. The third-order valence-corrected chi connectivity index (χ3v) is 0.455. The summed E-state index contributed by atoms with van der Waals surface area (Å²) in [6, 6.07) is 0. The first kappa shape index (κ1) is 4.97. The van der Waals surface area contributed by atoms with Gasteiger partial charge in [-0.3, -0.25) is 0 Å². The van der Waals surface area contributed by atoms with Crippen molar-refractivity contribution in [1.82, 2.24) is 5.09 Å². The van der Waals surface area contributed by atoms with E-state index >= 15 is 0 Å². The second kappa shape index (κ2) is 3.97. The van der Waals surface area contributed by atoms with Crippen LogP contribution in [0, 0.1) is 0 Å². The number of rotatable bonds is 1. The van der Waals surface area contributed by atoms with Crippen molar-refractivity contribution >= 4 is 9.39 Å². The van der Waals surface area contributed by atoms with E-state index in [1.165, 1.54) is 0 Å². The fourth-order valence-electron chi connectivity index (χ4n) is 0.0962. The Hall–Kier alpha value is -0.0300. The van der Waals surface area contributed by atoms with Crippen LogP contribution >= 0.6 is 9.39 Å². The first-order chi connectivity index (χ1) is 2.41. The Morgan fingerprint density at radius 1 is 1.80 bits per heavy atom. The van der Waals surface area contributed by atoms with Crippen LogP contribution < -0.4 is 5.09 Å². The highest BCUT2D eigenvalue weighted by Crippen LogP contribution is 1.66. The molecule has 1 nitrogen and oxygen atoms in total. The number of hydrogen-bond acceptors (Lipinski definition) is 1. The van der Waals surface area contributed by atoms with Crippen LogP contribution in [0.1, 0.15) is 6.92 Å². The Kier molecular flexibility index (Phi) is 3.95. The van der Waals surface area contributed by atoms with E-state index in [0.29, 0.717) is 0 Å². The van der Waals surface area contributed by atoms with Crippen LogP contribution in [0.25, 0.3) is 0 Å². The predicted octanol–water partition coefficient (Wildman–Crippen LogP) is 0.900. The van der Waals surface area contributed by atoms with Crippen molar-refractivity contribution in [3.63, 3.8) is 0 Å². The molecule has 0 rings (SSSR count). The molecule has 0 aliphatic carbocycles. The molecule has 0 saturated heterocycles. The number of nitrogens with one attached hydrogen (secondary N) is 1. The van der Waals surface area contributed by atoms with Crippen molar-refractivity contribution in [3.8, 4) is 0 Å². The van der Waals surface area contributed by atoms with E-state index in [-0.39, 0.29) is 0 Å². The van der Waals surface area contributed by atoms with Crippen molar-refractivity contribution in [2.45, 2.75) is 6.92 Å². The second-order valence-electron chi connectivity index (χ2n) is 0.667. The van der Waals surface area contributed by atoms with Gasteiger partial charge in [-0.2, -0.15) is 0 Å². The molecule has 0 aromatic heterocycles. The van der Waals surface area contributed by atoms with Gasteiger partial charge in [-0.15, -0.1) is 0 Å². The van der Waals surface area contributed by atoms with Crippen molar-refractivity contribution < 1.29 is 0 Å². The summed E-state index contributed by atoms with van der Waals surface area (Å²) in [4.78, 5) is 0. The minimum absolute atomic E-state index is 1.84. The van der Waals surface area contributed by atoms with E-state index in [4.69, 9.17) is 0 Å². The molecule has 0 amide bonds. The van der Waals surface area contributed by atoms with Gasteiger partial charge in [0.05, 0.1) is 0 Å². The van der Waals surface area contributed by atoms with E-state index in [0.717, 1.165) is 0 Å². The number of hydrogen-bond donors (Lipinski definition) is 1. The van der Waals surface area contributed by atoms with Crippen molar-refractivity contribution in [2.75, 3.05) is 0 Å². The zero-order valence-corrected chi connectivity index (χ0v) is 4.39. The largest absolute Gasteiger partial charge is 0.376 e. The van der Waals surface area contributed by atoms with Gasteiger partial charge >= 0.3 is 0 Å². The highest BCUT2D eigenvalue weighted by atomic mass is 31.0. The van der Waals surface area contributed by atoms with Crippen LogP contribution in [0.5, 0.6) is 0 Å². The van der Waals surface area contributed by atoms with Gasteiger partial charge in [0.25, 0.3) is 0 Å². The zero-order chi connectivity index (χ0) is 4.12. The molecule has 0 aliphatic rings. The van der Waals surface area contributed by atoms with E-state index in [2.05, 4.69) is 14.5 Å². The molecule has 30 valence electrons. The van der Waals surface area contributed by atoms with Crippen molar-refractivity contribution in [3.05, 3.63) is 12.3 Å². The van der Waals surface area contributed by atoms with Crippen LogP contribution in [-0.4, -0.2) is 0 Å². The minimum atomic E-state index is 1.84. The van der Waals surface area contributed by atoms with E-state index < -0.39 is 0 Å². The summed E-state index contributed by atoms with van der Waals surface area (Å²) in [5.41, 5.74) is 0. The smallest absolute Gasteiger partial charge is 0.00505 e. The Morgan fingerprint density at radius 2 is 2.40 bits per heavy atom. The molecule has 0 radical (unpaired) electrons. The van der Waals surface area contributed by atoms with Crippen LogP contribution in [0.4, 0.5) is 0 Å². The van der Waals surface area contributed by atoms with Gasteiger partial charge in [-0.05, 0) is 22.5 Å². The van der Waals surface area contributed by atoms with E-state index in [1.807, 2.05) is 19.2 Å². The average molecular weight is 89.1 g/mol. The van der Waals surface area contributed by atoms with Crippen LogP contribution in [0.3, 0.4) is 0 Å². The zero-order valence-electron chi connectivity index (χ0n) is 3.23. The van der Waals surface area contributed by atoms with Crippen LogP contribution in [0.2, 0.25) is 0 Å². The molecule has 1 N–H and O–H groups in total. The summed E-state index contributed by atoms with van der Waals surface area (Å²) in [6.45, 7) is 1.96. The Morgan fingerprint density at radius 3 is 2.40 bits per heavy atom. The summed E-state index contributed by atoms with van der Waals surface area (Å²) in [5, 5.41) is 2.75. The molecule has 0 aromatic carbocycles. The highest BCUT2D eigenvalue weighted by molar-refractivity contribution is 7.13. The summed E-state index contributed by atoms with van der Waals surface area (Å²) in [5.74, 6) is 0. The molecule has 0 heterocycles.